The van der Waals surface area contributed by atoms with Crippen LogP contribution in [0.2, 0.25) is 0 Å². The Morgan fingerprint density at radius 1 is 1.30 bits per heavy atom. The number of hydrogen-bond acceptors (Lipinski definition) is 5. The van der Waals surface area contributed by atoms with Gasteiger partial charge in [0.2, 0.25) is 0 Å². The van der Waals surface area contributed by atoms with E-state index in [1.807, 2.05) is 12.3 Å². The van der Waals surface area contributed by atoms with Crippen molar-refractivity contribution < 1.29 is 9.59 Å². The second-order valence-electron chi connectivity index (χ2n) is 5.79. The van der Waals surface area contributed by atoms with Crippen LogP contribution >= 0.6 is 22.7 Å². The lowest BCUT2D eigenvalue weighted by Gasteiger charge is -2.21. The molecule has 0 aromatic carbocycles. The molecule has 2 amide bonds. The molecule has 1 aliphatic carbocycles. The fourth-order valence-corrected chi connectivity index (χ4v) is 4.78. The lowest BCUT2D eigenvalue weighted by Crippen LogP contribution is -2.19. The fourth-order valence-electron chi connectivity index (χ4n) is 3.06. The van der Waals surface area contributed by atoms with E-state index in [1.165, 1.54) is 41.9 Å². The molecule has 2 heterocycles. The molecule has 0 radical (unpaired) electrons. The van der Waals surface area contributed by atoms with Gasteiger partial charge in [-0.2, -0.15) is 0 Å². The average Bonchev–Trinajstić information content (AvgIpc) is 3.14. The molecule has 0 aliphatic heterocycles. The lowest BCUT2D eigenvalue weighted by molar-refractivity contribution is 0.1000. The number of rotatable bonds is 4. The molecule has 1 fully saturated rings. The molecule has 2 aromatic rings. The number of aryl methyl sites for hydroxylation is 1. The van der Waals surface area contributed by atoms with E-state index in [0.717, 1.165) is 23.4 Å². The minimum absolute atomic E-state index is 0.241. The Balaban J connectivity index is 1.85. The van der Waals surface area contributed by atoms with E-state index < -0.39 is 5.91 Å². The normalized spacial score (nSPS) is 15.5. The van der Waals surface area contributed by atoms with Crippen molar-refractivity contribution in [2.24, 2.45) is 5.73 Å². The van der Waals surface area contributed by atoms with Crippen molar-refractivity contribution >= 4 is 39.5 Å². The first-order valence-electron chi connectivity index (χ1n) is 7.71. The van der Waals surface area contributed by atoms with Crippen LogP contribution in [0, 0.1) is 6.92 Å². The third-order valence-corrected chi connectivity index (χ3v) is 6.01. The highest BCUT2D eigenvalue weighted by atomic mass is 32.1. The maximum atomic E-state index is 12.3. The Labute approximate surface area is 142 Å². The highest BCUT2D eigenvalue weighted by molar-refractivity contribution is 7.15. The number of primary amides is 1. The van der Waals surface area contributed by atoms with E-state index in [1.54, 1.807) is 6.20 Å². The SMILES string of the molecule is Cc1ncc(C(=O)Nc2scc(C3CCCCC3)c2C(N)=O)s1. The van der Waals surface area contributed by atoms with Crippen LogP contribution in [0.25, 0.3) is 0 Å². The van der Waals surface area contributed by atoms with E-state index >= 15 is 0 Å². The molecule has 7 heteroatoms. The number of hydrogen-bond donors (Lipinski definition) is 2. The minimum atomic E-state index is -0.470. The number of carbonyl (C=O) groups excluding carboxylic acids is 2. The molecule has 0 atom stereocenters. The summed E-state index contributed by atoms with van der Waals surface area (Å²) in [6, 6.07) is 0. The number of nitrogens with zero attached hydrogens (tertiary/aromatic N) is 1. The zero-order chi connectivity index (χ0) is 16.4. The van der Waals surface area contributed by atoms with Crippen LogP contribution in [0.5, 0.6) is 0 Å². The van der Waals surface area contributed by atoms with E-state index in [2.05, 4.69) is 10.3 Å². The molecule has 3 rings (SSSR count). The van der Waals surface area contributed by atoms with Gasteiger partial charge in [-0.25, -0.2) is 4.98 Å². The Morgan fingerprint density at radius 2 is 2.04 bits per heavy atom. The first kappa shape index (κ1) is 16.1. The number of amides is 2. The fraction of sp³-hybridized carbons (Fsp3) is 0.438. The van der Waals surface area contributed by atoms with Gasteiger partial charge in [0, 0.05) is 0 Å². The van der Waals surface area contributed by atoms with Gasteiger partial charge in [0.25, 0.3) is 11.8 Å². The molecular formula is C16H19N3O2S2. The van der Waals surface area contributed by atoms with Crippen LogP contribution < -0.4 is 11.1 Å². The zero-order valence-corrected chi connectivity index (χ0v) is 14.6. The van der Waals surface area contributed by atoms with Gasteiger partial charge in [-0.15, -0.1) is 22.7 Å². The molecular weight excluding hydrogens is 330 g/mol. The lowest BCUT2D eigenvalue weighted by atomic mass is 9.83. The van der Waals surface area contributed by atoms with Crippen molar-refractivity contribution in [1.82, 2.24) is 4.98 Å². The Hall–Kier alpha value is -1.73. The number of aromatic nitrogens is 1. The summed E-state index contributed by atoms with van der Waals surface area (Å²) in [6.07, 6.45) is 7.33. The first-order chi connectivity index (χ1) is 11.1. The van der Waals surface area contributed by atoms with Crippen LogP contribution in [-0.2, 0) is 0 Å². The molecule has 5 nitrogen and oxygen atoms in total. The molecule has 0 unspecified atom stereocenters. The summed E-state index contributed by atoms with van der Waals surface area (Å²) >= 11 is 2.71. The Kier molecular flexibility index (Phi) is 4.77. The molecule has 1 saturated carbocycles. The summed E-state index contributed by atoms with van der Waals surface area (Å²) < 4.78 is 0. The predicted molar refractivity (Wildman–Crippen MR) is 93.5 cm³/mol. The molecule has 2 aromatic heterocycles. The first-order valence-corrected chi connectivity index (χ1v) is 9.41. The van der Waals surface area contributed by atoms with Crippen LogP contribution in [0.15, 0.2) is 11.6 Å². The molecule has 0 bridgehead atoms. The van der Waals surface area contributed by atoms with Gasteiger partial charge in [-0.1, -0.05) is 19.3 Å². The molecule has 0 spiro atoms. The molecule has 23 heavy (non-hydrogen) atoms. The van der Waals surface area contributed by atoms with Crippen molar-refractivity contribution in [1.29, 1.82) is 0 Å². The number of nitrogens with one attached hydrogen (secondary N) is 1. The molecule has 1 aliphatic rings. The Bertz CT molecular complexity index is 730. The minimum Gasteiger partial charge on any atom is -0.365 e. The van der Waals surface area contributed by atoms with Gasteiger partial charge in [0.1, 0.15) is 9.88 Å². The topological polar surface area (TPSA) is 85.1 Å². The van der Waals surface area contributed by atoms with Gasteiger partial charge in [-0.05, 0) is 36.6 Å². The maximum Gasteiger partial charge on any atom is 0.268 e. The standard InChI is InChI=1S/C16H19N3O2S2/c1-9-18-7-12(23-9)15(21)19-16-13(14(17)20)11(8-22-16)10-5-3-2-4-6-10/h7-8,10H,2-6H2,1H3,(H2,17,20)(H,19,21). The number of nitrogens with two attached hydrogens (primary N) is 1. The van der Waals surface area contributed by atoms with E-state index in [4.69, 9.17) is 5.73 Å². The van der Waals surface area contributed by atoms with Gasteiger partial charge in [-0.3, -0.25) is 9.59 Å². The quantitative estimate of drug-likeness (QED) is 0.877. The largest absolute Gasteiger partial charge is 0.365 e. The summed E-state index contributed by atoms with van der Waals surface area (Å²) in [7, 11) is 0. The highest BCUT2D eigenvalue weighted by Gasteiger charge is 2.26. The van der Waals surface area contributed by atoms with E-state index in [9.17, 15) is 9.59 Å². The zero-order valence-electron chi connectivity index (χ0n) is 12.9. The Morgan fingerprint density at radius 3 is 2.65 bits per heavy atom. The summed E-state index contributed by atoms with van der Waals surface area (Å²) in [5.74, 6) is -0.337. The molecule has 0 saturated heterocycles. The predicted octanol–water partition coefficient (Wildman–Crippen LogP) is 3.91. The third-order valence-electron chi connectivity index (χ3n) is 4.18. The second kappa shape index (κ2) is 6.80. The van der Waals surface area contributed by atoms with Crippen LogP contribution in [-0.4, -0.2) is 16.8 Å². The maximum absolute atomic E-state index is 12.3. The van der Waals surface area contributed by atoms with Crippen molar-refractivity contribution in [3.05, 3.63) is 32.6 Å². The van der Waals surface area contributed by atoms with E-state index in [-0.39, 0.29) is 5.91 Å². The van der Waals surface area contributed by atoms with Crippen molar-refractivity contribution in [3.8, 4) is 0 Å². The number of thiophene rings is 1. The summed E-state index contributed by atoms with van der Waals surface area (Å²) in [6.45, 7) is 1.85. The van der Waals surface area contributed by atoms with Gasteiger partial charge >= 0.3 is 0 Å². The van der Waals surface area contributed by atoms with Gasteiger partial charge in [0.15, 0.2) is 0 Å². The number of thiazole rings is 1. The van der Waals surface area contributed by atoms with Crippen molar-refractivity contribution in [3.63, 3.8) is 0 Å². The smallest absolute Gasteiger partial charge is 0.268 e. The van der Waals surface area contributed by atoms with Crippen molar-refractivity contribution in [2.75, 3.05) is 5.32 Å². The van der Waals surface area contributed by atoms with Gasteiger partial charge in [0.05, 0.1) is 16.8 Å². The average molecular weight is 349 g/mol. The van der Waals surface area contributed by atoms with Crippen LogP contribution in [0.4, 0.5) is 5.00 Å². The molecule has 122 valence electrons. The third kappa shape index (κ3) is 3.45. The van der Waals surface area contributed by atoms with E-state index in [0.29, 0.717) is 21.4 Å². The highest BCUT2D eigenvalue weighted by Crippen LogP contribution is 2.40. The monoisotopic (exact) mass is 349 g/mol. The summed E-state index contributed by atoms with van der Waals surface area (Å²) in [4.78, 5) is 28.9. The van der Waals surface area contributed by atoms with Crippen LogP contribution in [0.3, 0.4) is 0 Å². The molecule has 3 N–H and O–H groups in total. The summed E-state index contributed by atoms with van der Waals surface area (Å²) in [5.41, 5.74) is 7.07. The van der Waals surface area contributed by atoms with Gasteiger partial charge < -0.3 is 11.1 Å². The summed E-state index contributed by atoms with van der Waals surface area (Å²) in [5, 5.41) is 6.19. The number of anilines is 1. The van der Waals surface area contributed by atoms with Crippen molar-refractivity contribution in [2.45, 2.75) is 44.9 Å². The number of carbonyl (C=O) groups is 2. The van der Waals surface area contributed by atoms with Crippen LogP contribution in [0.1, 0.15) is 68.6 Å². The second-order valence-corrected chi connectivity index (χ2v) is 7.91.